The third-order valence-corrected chi connectivity index (χ3v) is 5.01. The molecule has 0 aromatic heterocycles. The van der Waals surface area contributed by atoms with E-state index in [2.05, 4.69) is 10.3 Å². The highest BCUT2D eigenvalue weighted by atomic mass is 32.2. The first-order chi connectivity index (χ1) is 12.5. The summed E-state index contributed by atoms with van der Waals surface area (Å²) in [6.45, 7) is 0. The molecule has 132 valence electrons. The van der Waals surface area contributed by atoms with Crippen molar-refractivity contribution in [3.05, 3.63) is 84.4 Å². The molecule has 1 amide bonds. The first kappa shape index (κ1) is 17.7. The fourth-order valence-corrected chi connectivity index (χ4v) is 3.53. The van der Waals surface area contributed by atoms with Crippen LogP contribution in [0.25, 0.3) is 11.1 Å². The van der Waals surface area contributed by atoms with Gasteiger partial charge in [0.2, 0.25) is 0 Å². The van der Waals surface area contributed by atoms with E-state index in [-0.39, 0.29) is 16.2 Å². The van der Waals surface area contributed by atoms with Crippen LogP contribution in [0.15, 0.2) is 83.8 Å². The quantitative estimate of drug-likeness (QED) is 0.604. The molecular formula is C19H16N2O4S. The average molecular weight is 368 g/mol. The van der Waals surface area contributed by atoms with Gasteiger partial charge in [0.25, 0.3) is 15.9 Å². The molecule has 0 aliphatic heterocycles. The number of benzene rings is 3. The van der Waals surface area contributed by atoms with Gasteiger partial charge in [-0.05, 0) is 23.8 Å². The van der Waals surface area contributed by atoms with Gasteiger partial charge in [0, 0.05) is 5.56 Å². The molecule has 0 atom stereocenters. The predicted molar refractivity (Wildman–Crippen MR) is 97.8 cm³/mol. The highest BCUT2D eigenvalue weighted by molar-refractivity contribution is 7.89. The second kappa shape index (κ2) is 7.38. The van der Waals surface area contributed by atoms with Gasteiger partial charge in [0.05, 0.1) is 10.5 Å². The van der Waals surface area contributed by atoms with E-state index >= 15 is 0 Å². The van der Waals surface area contributed by atoms with Gasteiger partial charge in [-0.2, -0.15) is 0 Å². The lowest BCUT2D eigenvalue weighted by molar-refractivity contribution is 0.0942. The van der Waals surface area contributed by atoms with E-state index in [0.29, 0.717) is 5.56 Å². The molecule has 3 aromatic carbocycles. The standard InChI is InChI=1S/C19H16N2O4S/c22-17-12-6-4-11-16(17)19(23)20-21-26(24,25)18-13-7-5-10-15(18)14-8-2-1-3-9-14/h1-13,21-22H,(H,20,23). The summed E-state index contributed by atoms with van der Waals surface area (Å²) in [4.78, 5) is 14.2. The molecule has 3 aromatic rings. The van der Waals surface area contributed by atoms with Gasteiger partial charge in [-0.25, -0.2) is 8.42 Å². The second-order valence-corrected chi connectivity index (χ2v) is 7.09. The highest BCUT2D eigenvalue weighted by Gasteiger charge is 2.20. The Labute approximate surface area is 151 Å². The molecule has 7 heteroatoms. The number of amides is 1. The van der Waals surface area contributed by atoms with Crippen molar-refractivity contribution in [3.8, 4) is 16.9 Å². The number of nitrogens with one attached hydrogen (secondary N) is 2. The van der Waals surface area contributed by atoms with Gasteiger partial charge in [-0.3, -0.25) is 10.2 Å². The SMILES string of the molecule is O=C(NNS(=O)(=O)c1ccccc1-c1ccccc1)c1ccccc1O. The fraction of sp³-hybridized carbons (Fsp3) is 0. The zero-order valence-corrected chi connectivity index (χ0v) is 14.4. The number of phenols is 1. The van der Waals surface area contributed by atoms with Crippen LogP contribution in [0.3, 0.4) is 0 Å². The summed E-state index contributed by atoms with van der Waals surface area (Å²) < 4.78 is 25.3. The second-order valence-electron chi connectivity index (χ2n) is 5.44. The highest BCUT2D eigenvalue weighted by Crippen LogP contribution is 2.26. The summed E-state index contributed by atoms with van der Waals surface area (Å²) in [6.07, 6.45) is 0. The molecule has 0 spiro atoms. The van der Waals surface area contributed by atoms with Gasteiger partial charge < -0.3 is 5.11 Å². The van der Waals surface area contributed by atoms with Crippen LogP contribution in [0.1, 0.15) is 10.4 Å². The maximum absolute atomic E-state index is 12.7. The first-order valence-electron chi connectivity index (χ1n) is 7.73. The molecular weight excluding hydrogens is 352 g/mol. The van der Waals surface area contributed by atoms with Crippen molar-refractivity contribution < 1.29 is 18.3 Å². The van der Waals surface area contributed by atoms with Crippen molar-refractivity contribution in [2.24, 2.45) is 0 Å². The maximum Gasteiger partial charge on any atom is 0.269 e. The summed E-state index contributed by atoms with van der Waals surface area (Å²) in [5, 5.41) is 9.68. The van der Waals surface area contributed by atoms with Crippen molar-refractivity contribution in [1.29, 1.82) is 0 Å². The number of aromatic hydroxyl groups is 1. The Morgan fingerprint density at radius 1 is 0.808 bits per heavy atom. The molecule has 26 heavy (non-hydrogen) atoms. The summed E-state index contributed by atoms with van der Waals surface area (Å²) in [7, 11) is -4.02. The Balaban J connectivity index is 1.86. The summed E-state index contributed by atoms with van der Waals surface area (Å²) in [6, 6.07) is 21.4. The normalized spacial score (nSPS) is 11.1. The van der Waals surface area contributed by atoms with Crippen LogP contribution in [0, 0.1) is 0 Å². The van der Waals surface area contributed by atoms with Gasteiger partial charge in [-0.1, -0.05) is 60.7 Å². The molecule has 0 aliphatic carbocycles. The molecule has 3 N–H and O–H groups in total. The Kier molecular flexibility index (Phi) is 5.01. The number of hydrazine groups is 1. The largest absolute Gasteiger partial charge is 0.507 e. The number of carbonyl (C=O) groups is 1. The Morgan fingerprint density at radius 3 is 2.15 bits per heavy atom. The number of carbonyl (C=O) groups excluding carboxylic acids is 1. The van der Waals surface area contributed by atoms with Gasteiger partial charge in [0.15, 0.2) is 0 Å². The molecule has 0 saturated heterocycles. The number of rotatable bonds is 5. The van der Waals surface area contributed by atoms with E-state index in [1.54, 1.807) is 42.5 Å². The number of para-hydroxylation sites is 1. The molecule has 3 rings (SSSR count). The van der Waals surface area contributed by atoms with Crippen molar-refractivity contribution in [2.45, 2.75) is 4.90 Å². The lowest BCUT2D eigenvalue weighted by Gasteiger charge is -2.13. The van der Waals surface area contributed by atoms with Crippen LogP contribution in [-0.4, -0.2) is 19.4 Å². The minimum Gasteiger partial charge on any atom is -0.507 e. The number of sulfonamides is 1. The Bertz CT molecular complexity index is 1030. The lowest BCUT2D eigenvalue weighted by atomic mass is 10.1. The van der Waals surface area contributed by atoms with Crippen LogP contribution < -0.4 is 10.3 Å². The maximum atomic E-state index is 12.7. The number of phenolic OH excluding ortho intramolecular Hbond substituents is 1. The van der Waals surface area contributed by atoms with Crippen molar-refractivity contribution in [3.63, 3.8) is 0 Å². The lowest BCUT2D eigenvalue weighted by Crippen LogP contribution is -2.41. The van der Waals surface area contributed by atoms with E-state index in [1.165, 1.54) is 18.2 Å². The predicted octanol–water partition coefficient (Wildman–Crippen LogP) is 2.68. The topological polar surface area (TPSA) is 95.5 Å². The zero-order chi connectivity index (χ0) is 18.6. The summed E-state index contributed by atoms with van der Waals surface area (Å²) >= 11 is 0. The van der Waals surface area contributed by atoms with E-state index in [1.807, 2.05) is 18.2 Å². The minimum atomic E-state index is -4.02. The zero-order valence-electron chi connectivity index (χ0n) is 13.6. The van der Waals surface area contributed by atoms with Gasteiger partial charge in [0.1, 0.15) is 5.75 Å². The molecule has 0 radical (unpaired) electrons. The summed E-state index contributed by atoms with van der Waals surface area (Å²) in [5.41, 5.74) is 3.33. The Morgan fingerprint density at radius 2 is 1.42 bits per heavy atom. The molecule has 0 aliphatic rings. The van der Waals surface area contributed by atoms with Gasteiger partial charge >= 0.3 is 0 Å². The van der Waals surface area contributed by atoms with Crippen LogP contribution in [-0.2, 0) is 10.0 Å². The van der Waals surface area contributed by atoms with E-state index in [4.69, 9.17) is 0 Å². The first-order valence-corrected chi connectivity index (χ1v) is 9.22. The molecule has 0 heterocycles. The number of hydrogen-bond acceptors (Lipinski definition) is 4. The molecule has 0 saturated carbocycles. The Hall–Kier alpha value is -3.16. The number of hydrogen-bond donors (Lipinski definition) is 3. The fourth-order valence-electron chi connectivity index (χ4n) is 2.46. The van der Waals surface area contributed by atoms with Crippen molar-refractivity contribution in [2.75, 3.05) is 0 Å². The third-order valence-electron chi connectivity index (χ3n) is 3.71. The van der Waals surface area contributed by atoms with Crippen LogP contribution in [0.2, 0.25) is 0 Å². The minimum absolute atomic E-state index is 0.0313. The third kappa shape index (κ3) is 3.74. The molecule has 0 unspecified atom stereocenters. The van der Waals surface area contributed by atoms with Crippen molar-refractivity contribution >= 4 is 15.9 Å². The van der Waals surface area contributed by atoms with E-state index in [0.717, 1.165) is 5.56 Å². The monoisotopic (exact) mass is 368 g/mol. The van der Waals surface area contributed by atoms with E-state index < -0.39 is 15.9 Å². The van der Waals surface area contributed by atoms with E-state index in [9.17, 15) is 18.3 Å². The average Bonchev–Trinajstić information content (AvgIpc) is 2.67. The molecule has 6 nitrogen and oxygen atoms in total. The summed E-state index contributed by atoms with van der Waals surface area (Å²) in [5.74, 6) is -1.00. The van der Waals surface area contributed by atoms with Crippen LogP contribution in [0.4, 0.5) is 0 Å². The van der Waals surface area contributed by atoms with Crippen molar-refractivity contribution in [1.82, 2.24) is 10.3 Å². The molecule has 0 fully saturated rings. The molecule has 0 bridgehead atoms. The smallest absolute Gasteiger partial charge is 0.269 e. The van der Waals surface area contributed by atoms with Gasteiger partial charge in [-0.15, -0.1) is 4.83 Å². The van der Waals surface area contributed by atoms with Crippen LogP contribution in [0.5, 0.6) is 5.75 Å². The van der Waals surface area contributed by atoms with Crippen LogP contribution >= 0.6 is 0 Å².